The van der Waals surface area contributed by atoms with Crippen molar-refractivity contribution in [1.29, 1.82) is 0 Å². The molecule has 0 spiro atoms. The van der Waals surface area contributed by atoms with E-state index in [2.05, 4.69) is 71.7 Å². The number of nitrogens with one attached hydrogen (secondary N) is 4. The molecule has 0 aliphatic rings. The van der Waals surface area contributed by atoms with E-state index >= 15 is 0 Å². The Labute approximate surface area is 169 Å². The van der Waals surface area contributed by atoms with E-state index in [1.807, 2.05) is 12.4 Å². The van der Waals surface area contributed by atoms with Crippen LogP contribution in [0.15, 0.2) is 42.7 Å². The summed E-state index contributed by atoms with van der Waals surface area (Å²) in [5, 5.41) is 7.28. The zero-order chi connectivity index (χ0) is 19.8. The van der Waals surface area contributed by atoms with E-state index in [0.717, 1.165) is 45.4 Å². The SMILES string of the molecule is CCc1cc(CC)c(CNCc2ccc[nH]2)c(CC)c1CNCc1ccc[nH]1. The van der Waals surface area contributed by atoms with Gasteiger partial charge < -0.3 is 20.6 Å². The van der Waals surface area contributed by atoms with Crippen molar-refractivity contribution in [2.75, 3.05) is 0 Å². The third kappa shape index (κ3) is 4.94. The van der Waals surface area contributed by atoms with Crippen LogP contribution in [0.25, 0.3) is 0 Å². The van der Waals surface area contributed by atoms with Crippen molar-refractivity contribution in [2.45, 2.75) is 66.2 Å². The van der Waals surface area contributed by atoms with Crippen LogP contribution in [0.4, 0.5) is 0 Å². The Balaban J connectivity index is 1.79. The average Bonchev–Trinajstić information content (AvgIpc) is 3.42. The van der Waals surface area contributed by atoms with Crippen LogP contribution in [-0.4, -0.2) is 9.97 Å². The minimum atomic E-state index is 0.870. The van der Waals surface area contributed by atoms with Gasteiger partial charge >= 0.3 is 0 Å². The van der Waals surface area contributed by atoms with Crippen molar-refractivity contribution in [2.24, 2.45) is 0 Å². The normalized spacial score (nSPS) is 11.2. The summed E-state index contributed by atoms with van der Waals surface area (Å²) in [6, 6.07) is 10.8. The molecule has 0 unspecified atom stereocenters. The zero-order valence-electron chi connectivity index (χ0n) is 17.5. The van der Waals surface area contributed by atoms with Crippen LogP contribution in [0.1, 0.15) is 60.0 Å². The van der Waals surface area contributed by atoms with Gasteiger partial charge in [0.25, 0.3) is 0 Å². The van der Waals surface area contributed by atoms with Crippen LogP contribution in [0.3, 0.4) is 0 Å². The molecule has 3 aromatic rings. The molecular weight excluding hydrogens is 344 g/mol. The lowest BCUT2D eigenvalue weighted by atomic mass is 9.88. The van der Waals surface area contributed by atoms with Gasteiger partial charge in [0.15, 0.2) is 0 Å². The van der Waals surface area contributed by atoms with Gasteiger partial charge in [-0.3, -0.25) is 0 Å². The maximum Gasteiger partial charge on any atom is 0.0360 e. The van der Waals surface area contributed by atoms with Crippen molar-refractivity contribution in [3.05, 3.63) is 81.9 Å². The molecule has 2 heterocycles. The van der Waals surface area contributed by atoms with Crippen LogP contribution in [0.5, 0.6) is 0 Å². The van der Waals surface area contributed by atoms with E-state index < -0.39 is 0 Å². The summed E-state index contributed by atoms with van der Waals surface area (Å²) in [4.78, 5) is 6.55. The number of H-pyrrole nitrogens is 2. The van der Waals surface area contributed by atoms with Gasteiger partial charge in [-0.2, -0.15) is 0 Å². The summed E-state index contributed by atoms with van der Waals surface area (Å²) in [6.07, 6.45) is 7.19. The molecule has 28 heavy (non-hydrogen) atoms. The largest absolute Gasteiger partial charge is 0.364 e. The highest BCUT2D eigenvalue weighted by Crippen LogP contribution is 2.26. The second-order valence-corrected chi connectivity index (χ2v) is 7.29. The molecule has 0 aliphatic carbocycles. The summed E-state index contributed by atoms with van der Waals surface area (Å²) in [6.45, 7) is 10.4. The lowest BCUT2D eigenvalue weighted by Crippen LogP contribution is -2.20. The van der Waals surface area contributed by atoms with Crippen molar-refractivity contribution >= 4 is 0 Å². The van der Waals surface area contributed by atoms with Crippen molar-refractivity contribution in [1.82, 2.24) is 20.6 Å². The molecule has 2 aromatic heterocycles. The first-order valence-corrected chi connectivity index (χ1v) is 10.6. The predicted octanol–water partition coefficient (Wildman–Crippen LogP) is 4.61. The first-order valence-electron chi connectivity index (χ1n) is 10.6. The average molecular weight is 379 g/mol. The van der Waals surface area contributed by atoms with Gasteiger partial charge in [0.05, 0.1) is 0 Å². The van der Waals surface area contributed by atoms with Gasteiger partial charge in [-0.15, -0.1) is 0 Å². The molecule has 0 radical (unpaired) electrons. The minimum absolute atomic E-state index is 0.870. The summed E-state index contributed by atoms with van der Waals surface area (Å²) >= 11 is 0. The smallest absolute Gasteiger partial charge is 0.0360 e. The Bertz CT molecular complexity index is 766. The Morgan fingerprint density at radius 1 is 0.643 bits per heavy atom. The second kappa shape index (κ2) is 10.3. The Hall–Kier alpha value is -2.30. The van der Waals surface area contributed by atoms with Crippen molar-refractivity contribution in [3.63, 3.8) is 0 Å². The van der Waals surface area contributed by atoms with Gasteiger partial charge in [0.2, 0.25) is 0 Å². The highest BCUT2D eigenvalue weighted by atomic mass is 14.9. The van der Waals surface area contributed by atoms with E-state index in [1.165, 1.54) is 39.2 Å². The highest BCUT2D eigenvalue weighted by Gasteiger charge is 2.15. The molecule has 0 amide bonds. The summed E-state index contributed by atoms with van der Waals surface area (Å²) < 4.78 is 0. The van der Waals surface area contributed by atoms with Gasteiger partial charge in [0, 0.05) is 50.0 Å². The first-order chi connectivity index (χ1) is 13.8. The molecule has 0 fully saturated rings. The maximum atomic E-state index is 3.64. The molecule has 4 N–H and O–H groups in total. The summed E-state index contributed by atoms with van der Waals surface area (Å²) in [5.41, 5.74) is 9.94. The van der Waals surface area contributed by atoms with E-state index in [1.54, 1.807) is 0 Å². The number of rotatable bonds is 11. The molecule has 1 aromatic carbocycles. The van der Waals surface area contributed by atoms with E-state index in [-0.39, 0.29) is 0 Å². The van der Waals surface area contributed by atoms with Gasteiger partial charge in [-0.1, -0.05) is 26.8 Å². The molecule has 0 bridgehead atoms. The second-order valence-electron chi connectivity index (χ2n) is 7.29. The lowest BCUT2D eigenvalue weighted by molar-refractivity contribution is 0.654. The van der Waals surface area contributed by atoms with Gasteiger partial charge in [-0.05, 0) is 71.3 Å². The Morgan fingerprint density at radius 2 is 1.14 bits per heavy atom. The number of aryl methyl sites for hydroxylation is 2. The van der Waals surface area contributed by atoms with Crippen LogP contribution >= 0.6 is 0 Å². The molecule has 150 valence electrons. The standard InChI is InChI=1S/C24H34N4/c1-4-18-13-19(5-2)24(17-26-15-21-10-8-12-28-21)22(6-3)23(18)16-25-14-20-9-7-11-27-20/h7-13,25-28H,4-6,14-17H2,1-3H3. The van der Waals surface area contributed by atoms with E-state index in [9.17, 15) is 0 Å². The Kier molecular flexibility index (Phi) is 7.52. The molecule has 0 atom stereocenters. The van der Waals surface area contributed by atoms with Crippen LogP contribution in [0.2, 0.25) is 0 Å². The van der Waals surface area contributed by atoms with Crippen LogP contribution in [0, 0.1) is 0 Å². The number of benzene rings is 1. The number of aromatic amines is 2. The molecule has 3 rings (SSSR count). The summed E-state index contributed by atoms with van der Waals surface area (Å²) in [7, 11) is 0. The monoisotopic (exact) mass is 378 g/mol. The van der Waals surface area contributed by atoms with Gasteiger partial charge in [-0.25, -0.2) is 0 Å². The molecule has 4 nitrogen and oxygen atoms in total. The van der Waals surface area contributed by atoms with Gasteiger partial charge in [0.1, 0.15) is 0 Å². The summed E-state index contributed by atoms with van der Waals surface area (Å²) in [5.74, 6) is 0. The number of aromatic nitrogens is 2. The third-order valence-corrected chi connectivity index (χ3v) is 5.53. The topological polar surface area (TPSA) is 55.6 Å². The molecule has 0 saturated carbocycles. The molecule has 4 heteroatoms. The van der Waals surface area contributed by atoms with E-state index in [4.69, 9.17) is 0 Å². The molecule has 0 saturated heterocycles. The Morgan fingerprint density at radius 3 is 1.50 bits per heavy atom. The zero-order valence-corrected chi connectivity index (χ0v) is 17.5. The predicted molar refractivity (Wildman–Crippen MR) is 117 cm³/mol. The molecular formula is C24H34N4. The third-order valence-electron chi connectivity index (χ3n) is 5.53. The fraction of sp³-hybridized carbons (Fsp3) is 0.417. The van der Waals surface area contributed by atoms with Crippen LogP contribution < -0.4 is 10.6 Å². The maximum absolute atomic E-state index is 3.64. The quantitative estimate of drug-likeness (QED) is 0.394. The fourth-order valence-electron chi connectivity index (χ4n) is 4.05. The highest BCUT2D eigenvalue weighted by molar-refractivity contribution is 5.46. The van der Waals surface area contributed by atoms with Crippen LogP contribution in [-0.2, 0) is 45.4 Å². The van der Waals surface area contributed by atoms with E-state index in [0.29, 0.717) is 0 Å². The minimum Gasteiger partial charge on any atom is -0.364 e. The first kappa shape index (κ1) is 20.4. The van der Waals surface area contributed by atoms with Crippen molar-refractivity contribution < 1.29 is 0 Å². The number of hydrogen-bond acceptors (Lipinski definition) is 2. The fourth-order valence-corrected chi connectivity index (χ4v) is 4.05. The lowest BCUT2D eigenvalue weighted by Gasteiger charge is -2.22. The van der Waals surface area contributed by atoms with Crippen molar-refractivity contribution in [3.8, 4) is 0 Å². The molecule has 0 aliphatic heterocycles. The number of hydrogen-bond donors (Lipinski definition) is 4.